The average molecular weight is 235 g/mol. The molecule has 1 N–H and O–H groups in total. The average Bonchev–Trinajstić information content (AvgIpc) is 2.19. The Labute approximate surface area is 90.7 Å². The van der Waals surface area contributed by atoms with Gasteiger partial charge in [0.1, 0.15) is 5.75 Å². The normalized spacial score (nSPS) is 12.6. The van der Waals surface area contributed by atoms with Gasteiger partial charge in [0, 0.05) is 0 Å². The van der Waals surface area contributed by atoms with E-state index in [0.717, 1.165) is 0 Å². The van der Waals surface area contributed by atoms with E-state index < -0.39 is 12.7 Å². The molecule has 0 aromatic heterocycles. The lowest BCUT2D eigenvalue weighted by Gasteiger charge is -2.10. The fourth-order valence-electron chi connectivity index (χ4n) is 1.03. The maximum atomic E-state index is 11.9. The lowest BCUT2D eigenvalue weighted by Crippen LogP contribution is -2.03. The first-order valence-electron chi connectivity index (χ1n) is 4.09. The van der Waals surface area contributed by atoms with Crippen LogP contribution < -0.4 is 4.74 Å². The van der Waals surface area contributed by atoms with Crippen LogP contribution in [-0.2, 0) is 0 Å². The molecule has 2 nitrogen and oxygen atoms in total. The Balaban J connectivity index is 2.92. The molecule has 5 heteroatoms. The first-order chi connectivity index (χ1) is 7.04. The maximum absolute atomic E-state index is 11.9. The van der Waals surface area contributed by atoms with Crippen molar-refractivity contribution >= 4 is 11.6 Å². The second-order valence-electron chi connectivity index (χ2n) is 2.75. The summed E-state index contributed by atoms with van der Waals surface area (Å²) < 4.78 is 27.9. The van der Waals surface area contributed by atoms with Crippen molar-refractivity contribution < 1.29 is 18.6 Å². The zero-order chi connectivity index (χ0) is 11.4. The Morgan fingerprint density at radius 1 is 1.47 bits per heavy atom. The van der Waals surface area contributed by atoms with Crippen LogP contribution in [0.15, 0.2) is 30.9 Å². The third kappa shape index (κ3) is 3.18. The number of aliphatic hydroxyl groups is 1. The number of halogens is 3. The summed E-state index contributed by atoms with van der Waals surface area (Å²) in [6.07, 6.45) is 0.433. The summed E-state index contributed by atoms with van der Waals surface area (Å²) in [5.74, 6) is -0.119. The Morgan fingerprint density at radius 2 is 2.13 bits per heavy atom. The quantitative estimate of drug-likeness (QED) is 0.811. The highest BCUT2D eigenvalue weighted by atomic mass is 35.5. The molecule has 0 radical (unpaired) electrons. The minimum Gasteiger partial charge on any atom is -0.433 e. The molecule has 0 saturated heterocycles. The van der Waals surface area contributed by atoms with Crippen LogP contribution in [0.25, 0.3) is 0 Å². The van der Waals surface area contributed by atoms with Crippen molar-refractivity contribution in [2.24, 2.45) is 0 Å². The van der Waals surface area contributed by atoms with Crippen LogP contribution in [-0.4, -0.2) is 11.7 Å². The van der Waals surface area contributed by atoms with E-state index in [4.69, 9.17) is 11.6 Å². The lowest BCUT2D eigenvalue weighted by molar-refractivity contribution is -0.0498. The third-order valence-electron chi connectivity index (χ3n) is 1.74. The molecule has 1 aromatic carbocycles. The predicted molar refractivity (Wildman–Crippen MR) is 53.2 cm³/mol. The minimum absolute atomic E-state index is 0.0219. The fourth-order valence-corrected chi connectivity index (χ4v) is 1.26. The molecule has 0 aliphatic heterocycles. The van der Waals surface area contributed by atoms with Crippen molar-refractivity contribution in [1.82, 2.24) is 0 Å². The predicted octanol–water partition coefficient (Wildman–Crippen LogP) is 3.16. The highest BCUT2D eigenvalue weighted by Crippen LogP contribution is 2.29. The number of ether oxygens (including phenoxy) is 1. The Kier molecular flexibility index (Phi) is 4.05. The molecule has 0 amide bonds. The highest BCUT2D eigenvalue weighted by molar-refractivity contribution is 6.32. The zero-order valence-corrected chi connectivity index (χ0v) is 8.42. The molecular formula is C10H9ClF2O2. The van der Waals surface area contributed by atoms with E-state index in [1.54, 1.807) is 0 Å². The van der Waals surface area contributed by atoms with Gasteiger partial charge in [-0.25, -0.2) is 0 Å². The first kappa shape index (κ1) is 11.9. The molecule has 0 aliphatic carbocycles. The number of hydrogen-bond acceptors (Lipinski definition) is 2. The van der Waals surface area contributed by atoms with Crippen molar-refractivity contribution in [3.8, 4) is 5.75 Å². The van der Waals surface area contributed by atoms with Crippen molar-refractivity contribution in [2.45, 2.75) is 12.7 Å². The van der Waals surface area contributed by atoms with Crippen molar-refractivity contribution in [3.63, 3.8) is 0 Å². The smallest absolute Gasteiger partial charge is 0.387 e. The van der Waals surface area contributed by atoms with Crippen molar-refractivity contribution in [2.75, 3.05) is 0 Å². The highest BCUT2D eigenvalue weighted by Gasteiger charge is 2.11. The summed E-state index contributed by atoms with van der Waals surface area (Å²) in [7, 11) is 0. The number of hydrogen-bond donors (Lipinski definition) is 1. The molecule has 15 heavy (non-hydrogen) atoms. The van der Waals surface area contributed by atoms with E-state index in [2.05, 4.69) is 11.3 Å². The summed E-state index contributed by atoms with van der Waals surface area (Å²) >= 11 is 5.67. The molecule has 0 aliphatic rings. The van der Waals surface area contributed by atoms with E-state index in [1.807, 2.05) is 0 Å². The second-order valence-corrected chi connectivity index (χ2v) is 3.16. The van der Waals surface area contributed by atoms with Crippen LogP contribution in [0.1, 0.15) is 11.7 Å². The molecule has 0 saturated carbocycles. The van der Waals surface area contributed by atoms with Gasteiger partial charge in [0.15, 0.2) is 0 Å². The molecule has 82 valence electrons. The van der Waals surface area contributed by atoms with Crippen LogP contribution in [0.5, 0.6) is 5.75 Å². The van der Waals surface area contributed by atoms with E-state index in [9.17, 15) is 13.9 Å². The summed E-state index contributed by atoms with van der Waals surface area (Å²) in [6.45, 7) is 0.474. The van der Waals surface area contributed by atoms with Crippen LogP contribution >= 0.6 is 11.6 Å². The van der Waals surface area contributed by atoms with Crippen LogP contribution in [0.2, 0.25) is 5.02 Å². The Morgan fingerprint density at radius 3 is 2.60 bits per heavy atom. The van der Waals surface area contributed by atoms with Crippen molar-refractivity contribution in [3.05, 3.63) is 41.4 Å². The number of aliphatic hydroxyl groups excluding tert-OH is 1. The van der Waals surface area contributed by atoms with Crippen LogP contribution in [0.3, 0.4) is 0 Å². The van der Waals surface area contributed by atoms with Gasteiger partial charge in [-0.15, -0.1) is 6.58 Å². The molecule has 0 spiro atoms. The topological polar surface area (TPSA) is 29.5 Å². The number of rotatable bonds is 4. The molecule has 1 aromatic rings. The monoisotopic (exact) mass is 234 g/mol. The molecule has 0 heterocycles. The number of benzene rings is 1. The van der Waals surface area contributed by atoms with E-state index in [0.29, 0.717) is 5.56 Å². The van der Waals surface area contributed by atoms with E-state index in [-0.39, 0.29) is 10.8 Å². The molecule has 1 unspecified atom stereocenters. The maximum Gasteiger partial charge on any atom is 0.387 e. The van der Waals surface area contributed by atoms with Gasteiger partial charge in [-0.05, 0) is 17.7 Å². The van der Waals surface area contributed by atoms with Gasteiger partial charge < -0.3 is 9.84 Å². The molecule has 1 rings (SSSR count). The summed E-state index contributed by atoms with van der Waals surface area (Å²) in [4.78, 5) is 0. The second kappa shape index (κ2) is 5.09. The van der Waals surface area contributed by atoms with Crippen LogP contribution in [0.4, 0.5) is 8.78 Å². The fraction of sp³-hybridized carbons (Fsp3) is 0.200. The SMILES string of the molecule is C=CC(O)c1ccc(OC(F)F)c(Cl)c1. The standard InChI is InChI=1S/C10H9ClF2O2/c1-2-8(14)6-3-4-9(7(11)5-6)15-10(12)13/h2-5,8,10,14H,1H2. The van der Waals surface area contributed by atoms with Crippen LogP contribution in [0, 0.1) is 0 Å². The van der Waals surface area contributed by atoms with Gasteiger partial charge in [-0.1, -0.05) is 23.7 Å². The Bertz CT molecular complexity index is 355. The first-order valence-corrected chi connectivity index (χ1v) is 4.47. The molecule has 1 atom stereocenters. The largest absolute Gasteiger partial charge is 0.433 e. The lowest BCUT2D eigenvalue weighted by atomic mass is 10.1. The summed E-state index contributed by atoms with van der Waals surface area (Å²) in [6, 6.07) is 4.07. The molecule has 0 bridgehead atoms. The number of alkyl halides is 2. The van der Waals surface area contributed by atoms with E-state index >= 15 is 0 Å². The van der Waals surface area contributed by atoms with Gasteiger partial charge in [0.25, 0.3) is 0 Å². The molecular weight excluding hydrogens is 226 g/mol. The van der Waals surface area contributed by atoms with Gasteiger partial charge in [0.05, 0.1) is 11.1 Å². The Hall–Kier alpha value is -1.13. The summed E-state index contributed by atoms with van der Waals surface area (Å²) in [5.41, 5.74) is 0.469. The van der Waals surface area contributed by atoms with E-state index in [1.165, 1.54) is 24.3 Å². The third-order valence-corrected chi connectivity index (χ3v) is 2.03. The van der Waals surface area contributed by atoms with Gasteiger partial charge in [-0.2, -0.15) is 8.78 Å². The molecule has 0 fully saturated rings. The van der Waals surface area contributed by atoms with Gasteiger partial charge in [0.2, 0.25) is 0 Å². The minimum atomic E-state index is -2.92. The van der Waals surface area contributed by atoms with Gasteiger partial charge >= 0.3 is 6.61 Å². The summed E-state index contributed by atoms with van der Waals surface area (Å²) in [5, 5.41) is 9.38. The zero-order valence-electron chi connectivity index (χ0n) is 7.66. The van der Waals surface area contributed by atoms with Crippen molar-refractivity contribution in [1.29, 1.82) is 0 Å². The van der Waals surface area contributed by atoms with Gasteiger partial charge in [-0.3, -0.25) is 0 Å².